The van der Waals surface area contributed by atoms with Crippen molar-refractivity contribution in [3.05, 3.63) is 36.0 Å². The second-order valence-electron chi connectivity index (χ2n) is 7.81. The number of aromatic amines is 1. The largest absolute Gasteiger partial charge is 0.444 e. The number of H-pyrrole nitrogens is 1. The molecule has 1 amide bonds. The predicted molar refractivity (Wildman–Crippen MR) is 101 cm³/mol. The summed E-state index contributed by atoms with van der Waals surface area (Å²) < 4.78 is 5.45. The minimum Gasteiger partial charge on any atom is -0.444 e. The van der Waals surface area contributed by atoms with Gasteiger partial charge in [-0.2, -0.15) is 0 Å². The number of amides is 1. The highest BCUT2D eigenvalue weighted by molar-refractivity contribution is 5.83. The van der Waals surface area contributed by atoms with Crippen molar-refractivity contribution in [2.24, 2.45) is 0 Å². The van der Waals surface area contributed by atoms with E-state index in [2.05, 4.69) is 40.8 Å². The molecule has 2 aromatic rings. The van der Waals surface area contributed by atoms with Gasteiger partial charge in [0.25, 0.3) is 0 Å². The Morgan fingerprint density at radius 2 is 2.00 bits per heavy atom. The number of carbonyl (C=O) groups excluding carboxylic acids is 1. The van der Waals surface area contributed by atoms with Gasteiger partial charge in [0, 0.05) is 36.2 Å². The summed E-state index contributed by atoms with van der Waals surface area (Å²) in [6, 6.07) is 8.89. The maximum Gasteiger partial charge on any atom is 0.410 e. The van der Waals surface area contributed by atoms with Gasteiger partial charge in [-0.1, -0.05) is 18.2 Å². The van der Waals surface area contributed by atoms with Gasteiger partial charge in [-0.05, 0) is 58.2 Å². The molecule has 1 aromatic heterocycles. The topological polar surface area (TPSA) is 57.4 Å². The van der Waals surface area contributed by atoms with Crippen LogP contribution in [-0.2, 0) is 11.2 Å². The van der Waals surface area contributed by atoms with Gasteiger partial charge in [0.15, 0.2) is 0 Å². The van der Waals surface area contributed by atoms with Gasteiger partial charge < -0.3 is 19.9 Å². The summed E-state index contributed by atoms with van der Waals surface area (Å²) >= 11 is 0. The van der Waals surface area contributed by atoms with Gasteiger partial charge in [-0.15, -0.1) is 0 Å². The number of ether oxygens (including phenoxy) is 1. The number of likely N-dealkylation sites (tertiary alicyclic amines) is 1. The van der Waals surface area contributed by atoms with E-state index in [1.54, 1.807) is 0 Å². The number of benzene rings is 1. The first-order chi connectivity index (χ1) is 11.9. The number of rotatable bonds is 4. The van der Waals surface area contributed by atoms with Gasteiger partial charge in [-0.3, -0.25) is 0 Å². The Bertz CT molecular complexity index is 709. The Balaban J connectivity index is 1.42. The van der Waals surface area contributed by atoms with Crippen LogP contribution in [0.5, 0.6) is 0 Å². The van der Waals surface area contributed by atoms with E-state index in [0.717, 1.165) is 38.9 Å². The highest BCUT2D eigenvalue weighted by atomic mass is 16.6. The summed E-state index contributed by atoms with van der Waals surface area (Å²) in [6.07, 6.45) is 4.89. The van der Waals surface area contributed by atoms with Crippen LogP contribution in [0, 0.1) is 0 Å². The van der Waals surface area contributed by atoms with E-state index in [4.69, 9.17) is 4.74 Å². The Kier molecular flexibility index (Phi) is 5.33. The number of nitrogens with one attached hydrogen (secondary N) is 2. The fourth-order valence-electron chi connectivity index (χ4n) is 3.34. The molecular formula is C20H29N3O2. The number of hydrogen-bond donors (Lipinski definition) is 2. The second kappa shape index (κ2) is 7.48. The molecule has 2 heterocycles. The average Bonchev–Trinajstić information content (AvgIpc) is 2.97. The van der Waals surface area contributed by atoms with Gasteiger partial charge in [0.05, 0.1) is 0 Å². The molecule has 0 aliphatic carbocycles. The lowest BCUT2D eigenvalue weighted by atomic mass is 10.0. The first-order valence-corrected chi connectivity index (χ1v) is 9.19. The molecule has 5 heteroatoms. The Morgan fingerprint density at radius 1 is 1.28 bits per heavy atom. The predicted octanol–water partition coefficient (Wildman–Crippen LogP) is 3.70. The smallest absolute Gasteiger partial charge is 0.410 e. The number of carbonyl (C=O) groups is 1. The normalized spacial score (nSPS) is 16.4. The molecule has 136 valence electrons. The molecule has 1 fully saturated rings. The van der Waals surface area contributed by atoms with Gasteiger partial charge in [-0.25, -0.2) is 4.79 Å². The lowest BCUT2D eigenvalue weighted by molar-refractivity contribution is 0.0198. The molecule has 0 spiro atoms. The highest BCUT2D eigenvalue weighted by Crippen LogP contribution is 2.18. The summed E-state index contributed by atoms with van der Waals surface area (Å²) in [5, 5.41) is 4.95. The molecule has 3 rings (SSSR count). The number of para-hydroxylation sites is 1. The molecule has 0 radical (unpaired) electrons. The zero-order valence-corrected chi connectivity index (χ0v) is 15.5. The summed E-state index contributed by atoms with van der Waals surface area (Å²) in [4.78, 5) is 17.2. The quantitative estimate of drug-likeness (QED) is 0.890. The molecule has 0 saturated carbocycles. The molecular weight excluding hydrogens is 314 g/mol. The van der Waals surface area contributed by atoms with E-state index >= 15 is 0 Å². The van der Waals surface area contributed by atoms with Crippen molar-refractivity contribution in [1.82, 2.24) is 15.2 Å². The molecule has 2 N–H and O–H groups in total. The van der Waals surface area contributed by atoms with E-state index in [1.165, 1.54) is 16.5 Å². The van der Waals surface area contributed by atoms with Gasteiger partial charge in [0.2, 0.25) is 0 Å². The van der Waals surface area contributed by atoms with Crippen LogP contribution in [0.2, 0.25) is 0 Å². The maximum absolute atomic E-state index is 12.1. The number of aromatic nitrogens is 1. The van der Waals surface area contributed by atoms with Crippen molar-refractivity contribution in [1.29, 1.82) is 0 Å². The van der Waals surface area contributed by atoms with E-state index in [-0.39, 0.29) is 6.09 Å². The zero-order valence-electron chi connectivity index (χ0n) is 15.5. The molecule has 5 nitrogen and oxygen atoms in total. The zero-order chi connectivity index (χ0) is 17.9. The summed E-state index contributed by atoms with van der Waals surface area (Å²) in [6.45, 7) is 8.20. The lowest BCUT2D eigenvalue weighted by Crippen LogP contribution is -2.46. The number of fused-ring (bicyclic) bond motifs is 1. The lowest BCUT2D eigenvalue weighted by Gasteiger charge is -2.33. The SMILES string of the molecule is CC(C)(C)OC(=O)N1CCC(NCCc2c[nH]c3ccccc23)CC1. The van der Waals surface area contributed by atoms with Crippen LogP contribution in [0.4, 0.5) is 4.79 Å². The number of piperidine rings is 1. The highest BCUT2D eigenvalue weighted by Gasteiger charge is 2.26. The van der Waals surface area contributed by atoms with E-state index in [9.17, 15) is 4.79 Å². The standard InChI is InChI=1S/C20H29N3O2/c1-20(2,3)25-19(24)23-12-9-16(10-13-23)21-11-8-15-14-22-18-7-5-4-6-17(15)18/h4-7,14,16,21-22H,8-13H2,1-3H3. The van der Waals surface area contributed by atoms with E-state index < -0.39 is 5.60 Å². The fourth-order valence-corrected chi connectivity index (χ4v) is 3.34. The molecule has 25 heavy (non-hydrogen) atoms. The van der Waals surface area contributed by atoms with Crippen molar-refractivity contribution in [3.63, 3.8) is 0 Å². The molecule has 0 unspecified atom stereocenters. The van der Waals surface area contributed by atoms with Crippen LogP contribution in [0.1, 0.15) is 39.2 Å². The van der Waals surface area contributed by atoms with Crippen molar-refractivity contribution in [3.8, 4) is 0 Å². The number of hydrogen-bond acceptors (Lipinski definition) is 3. The van der Waals surface area contributed by atoms with Crippen LogP contribution in [0.15, 0.2) is 30.5 Å². The van der Waals surface area contributed by atoms with Crippen molar-refractivity contribution in [2.45, 2.75) is 51.7 Å². The van der Waals surface area contributed by atoms with E-state index in [1.807, 2.05) is 25.7 Å². The molecule has 0 bridgehead atoms. The Morgan fingerprint density at radius 3 is 2.72 bits per heavy atom. The summed E-state index contributed by atoms with van der Waals surface area (Å²) in [7, 11) is 0. The third-order valence-electron chi connectivity index (χ3n) is 4.65. The monoisotopic (exact) mass is 343 g/mol. The third kappa shape index (κ3) is 4.75. The minimum atomic E-state index is -0.425. The van der Waals surface area contributed by atoms with Crippen LogP contribution >= 0.6 is 0 Å². The average molecular weight is 343 g/mol. The molecule has 1 saturated heterocycles. The maximum atomic E-state index is 12.1. The van der Waals surface area contributed by atoms with Crippen LogP contribution in [0.3, 0.4) is 0 Å². The molecule has 0 atom stereocenters. The fraction of sp³-hybridized carbons (Fsp3) is 0.550. The van der Waals surface area contributed by atoms with Crippen molar-refractivity contribution >= 4 is 17.0 Å². The Hall–Kier alpha value is -2.01. The number of nitrogens with zero attached hydrogens (tertiary/aromatic N) is 1. The Labute approximate surface area is 149 Å². The molecule has 1 aromatic carbocycles. The van der Waals surface area contributed by atoms with Crippen LogP contribution in [0.25, 0.3) is 10.9 Å². The first-order valence-electron chi connectivity index (χ1n) is 9.19. The second-order valence-corrected chi connectivity index (χ2v) is 7.81. The summed E-state index contributed by atoms with van der Waals surface area (Å²) in [5.74, 6) is 0. The third-order valence-corrected chi connectivity index (χ3v) is 4.65. The summed E-state index contributed by atoms with van der Waals surface area (Å²) in [5.41, 5.74) is 2.13. The first kappa shape index (κ1) is 17.8. The van der Waals surface area contributed by atoms with Crippen LogP contribution < -0.4 is 5.32 Å². The van der Waals surface area contributed by atoms with Crippen LogP contribution in [-0.4, -0.2) is 47.3 Å². The molecule has 1 aliphatic heterocycles. The van der Waals surface area contributed by atoms with E-state index in [0.29, 0.717) is 6.04 Å². The minimum absolute atomic E-state index is 0.190. The van der Waals surface area contributed by atoms with Crippen molar-refractivity contribution < 1.29 is 9.53 Å². The molecule has 1 aliphatic rings. The van der Waals surface area contributed by atoms with Crippen molar-refractivity contribution in [2.75, 3.05) is 19.6 Å². The van der Waals surface area contributed by atoms with Gasteiger partial charge >= 0.3 is 6.09 Å². The van der Waals surface area contributed by atoms with Gasteiger partial charge in [0.1, 0.15) is 5.60 Å².